The molecule has 1 atom stereocenters. The summed E-state index contributed by atoms with van der Waals surface area (Å²) in [5.74, 6) is 1.07. The van der Waals surface area contributed by atoms with Crippen LogP contribution in [0.4, 0.5) is 0 Å². The summed E-state index contributed by atoms with van der Waals surface area (Å²) in [6, 6.07) is 8.14. The Balaban J connectivity index is 1.48. The van der Waals surface area contributed by atoms with Crippen molar-refractivity contribution in [3.63, 3.8) is 0 Å². The molecule has 1 saturated heterocycles. The van der Waals surface area contributed by atoms with Gasteiger partial charge < -0.3 is 14.6 Å². The van der Waals surface area contributed by atoms with Crippen LogP contribution in [0, 0.1) is 0 Å². The van der Waals surface area contributed by atoms with Crippen molar-refractivity contribution in [1.29, 1.82) is 0 Å². The summed E-state index contributed by atoms with van der Waals surface area (Å²) in [5.41, 5.74) is 0.715. The summed E-state index contributed by atoms with van der Waals surface area (Å²) < 4.78 is 5.55. The number of hydrogen-bond donors (Lipinski definition) is 1. The third-order valence-corrected chi connectivity index (χ3v) is 4.80. The molecular weight excluding hydrogens is 316 g/mol. The standard InChI is InChI=1S/C19H26N4O2/c1-22(2)17(18-4-3-13-25-18)14-21-16-7-11-23(12-8-16)19(24)15-5-9-20-10-6-15/h3-6,9-10,13,16-17,21H,7-8,11-12,14H2,1-2H3. The summed E-state index contributed by atoms with van der Waals surface area (Å²) >= 11 is 0. The van der Waals surface area contributed by atoms with Gasteiger partial charge in [-0.2, -0.15) is 0 Å². The number of rotatable bonds is 6. The van der Waals surface area contributed by atoms with Gasteiger partial charge in [0.1, 0.15) is 5.76 Å². The number of furan rings is 1. The zero-order valence-electron chi connectivity index (χ0n) is 14.9. The first-order chi connectivity index (χ1) is 12.1. The van der Waals surface area contributed by atoms with Gasteiger partial charge in [0.15, 0.2) is 0 Å². The fraction of sp³-hybridized carbons (Fsp3) is 0.474. The van der Waals surface area contributed by atoms with Crippen LogP contribution in [0.3, 0.4) is 0 Å². The van der Waals surface area contributed by atoms with Crippen molar-refractivity contribution in [1.82, 2.24) is 20.1 Å². The molecule has 25 heavy (non-hydrogen) atoms. The lowest BCUT2D eigenvalue weighted by Crippen LogP contribution is -2.46. The first-order valence-corrected chi connectivity index (χ1v) is 8.77. The molecule has 3 rings (SSSR count). The number of carbonyl (C=O) groups is 1. The topological polar surface area (TPSA) is 61.6 Å². The molecular formula is C19H26N4O2. The highest BCUT2D eigenvalue weighted by Crippen LogP contribution is 2.19. The number of carbonyl (C=O) groups excluding carboxylic acids is 1. The van der Waals surface area contributed by atoms with Crippen LogP contribution in [0.1, 0.15) is 35.0 Å². The third kappa shape index (κ3) is 4.46. The second kappa shape index (κ2) is 8.27. The fourth-order valence-electron chi connectivity index (χ4n) is 3.26. The van der Waals surface area contributed by atoms with E-state index in [1.165, 1.54) is 0 Å². The second-order valence-electron chi connectivity index (χ2n) is 6.71. The predicted octanol–water partition coefficient (Wildman–Crippen LogP) is 2.17. The molecule has 1 fully saturated rings. The molecule has 6 heteroatoms. The maximum atomic E-state index is 12.5. The number of nitrogens with zero attached hydrogens (tertiary/aromatic N) is 3. The van der Waals surface area contributed by atoms with E-state index < -0.39 is 0 Å². The summed E-state index contributed by atoms with van der Waals surface area (Å²) in [6.07, 6.45) is 6.98. The molecule has 0 spiro atoms. The van der Waals surface area contributed by atoms with Gasteiger partial charge in [0.25, 0.3) is 5.91 Å². The lowest BCUT2D eigenvalue weighted by atomic mass is 10.0. The summed E-state index contributed by atoms with van der Waals surface area (Å²) in [4.78, 5) is 20.5. The van der Waals surface area contributed by atoms with Crippen LogP contribution in [-0.4, -0.2) is 60.5 Å². The van der Waals surface area contributed by atoms with Crippen molar-refractivity contribution in [2.24, 2.45) is 0 Å². The normalized spacial score (nSPS) is 17.0. The lowest BCUT2D eigenvalue weighted by Gasteiger charge is -2.34. The van der Waals surface area contributed by atoms with E-state index >= 15 is 0 Å². The molecule has 134 valence electrons. The van der Waals surface area contributed by atoms with E-state index in [9.17, 15) is 4.79 Å². The number of nitrogens with one attached hydrogen (secondary N) is 1. The van der Waals surface area contributed by atoms with Gasteiger partial charge in [0.2, 0.25) is 0 Å². The van der Waals surface area contributed by atoms with E-state index in [0.717, 1.165) is 38.2 Å². The van der Waals surface area contributed by atoms with E-state index in [-0.39, 0.29) is 11.9 Å². The minimum atomic E-state index is 0.0996. The van der Waals surface area contributed by atoms with Crippen LogP contribution in [0.15, 0.2) is 47.3 Å². The summed E-state index contributed by atoms with van der Waals surface area (Å²) in [5, 5.41) is 3.64. The third-order valence-electron chi connectivity index (χ3n) is 4.80. The smallest absolute Gasteiger partial charge is 0.253 e. The van der Waals surface area contributed by atoms with Gasteiger partial charge in [-0.3, -0.25) is 14.7 Å². The van der Waals surface area contributed by atoms with Gasteiger partial charge in [0, 0.05) is 43.6 Å². The fourth-order valence-corrected chi connectivity index (χ4v) is 3.26. The predicted molar refractivity (Wildman–Crippen MR) is 96.3 cm³/mol. The van der Waals surface area contributed by atoms with Crippen LogP contribution >= 0.6 is 0 Å². The van der Waals surface area contributed by atoms with E-state index in [0.29, 0.717) is 11.6 Å². The number of likely N-dealkylation sites (tertiary alicyclic amines) is 1. The molecule has 0 radical (unpaired) electrons. The molecule has 0 bridgehead atoms. The SMILES string of the molecule is CN(C)C(CNC1CCN(C(=O)c2ccncc2)CC1)c1ccco1. The highest BCUT2D eigenvalue weighted by molar-refractivity contribution is 5.94. The summed E-state index contributed by atoms with van der Waals surface area (Å²) in [7, 11) is 4.12. The number of pyridine rings is 1. The Morgan fingerprint density at radius 2 is 2.04 bits per heavy atom. The molecule has 2 aromatic heterocycles. The van der Waals surface area contributed by atoms with Crippen molar-refractivity contribution >= 4 is 5.91 Å². The first kappa shape index (κ1) is 17.6. The number of amides is 1. The molecule has 1 amide bonds. The minimum Gasteiger partial charge on any atom is -0.468 e. The van der Waals surface area contributed by atoms with Gasteiger partial charge in [-0.25, -0.2) is 0 Å². The highest BCUT2D eigenvalue weighted by atomic mass is 16.3. The highest BCUT2D eigenvalue weighted by Gasteiger charge is 2.25. The Morgan fingerprint density at radius 3 is 2.64 bits per heavy atom. The molecule has 3 heterocycles. The molecule has 1 aliphatic rings. The van der Waals surface area contributed by atoms with Crippen molar-refractivity contribution in [3.8, 4) is 0 Å². The van der Waals surface area contributed by atoms with Crippen LogP contribution in [0.25, 0.3) is 0 Å². The van der Waals surface area contributed by atoms with Gasteiger partial charge in [-0.05, 0) is 51.2 Å². The van der Waals surface area contributed by atoms with Gasteiger partial charge >= 0.3 is 0 Å². The zero-order valence-corrected chi connectivity index (χ0v) is 14.9. The zero-order chi connectivity index (χ0) is 17.6. The number of piperidine rings is 1. The first-order valence-electron chi connectivity index (χ1n) is 8.77. The monoisotopic (exact) mass is 342 g/mol. The quantitative estimate of drug-likeness (QED) is 0.872. The van der Waals surface area contributed by atoms with E-state index in [2.05, 4.69) is 29.3 Å². The summed E-state index contributed by atoms with van der Waals surface area (Å²) in [6.45, 7) is 2.40. The number of likely N-dealkylation sites (N-methyl/N-ethyl adjacent to an activating group) is 1. The average Bonchev–Trinajstić information content (AvgIpc) is 3.16. The van der Waals surface area contributed by atoms with Crippen molar-refractivity contribution < 1.29 is 9.21 Å². The van der Waals surface area contributed by atoms with Crippen LogP contribution in [0.5, 0.6) is 0 Å². The van der Waals surface area contributed by atoms with E-state index in [1.54, 1.807) is 30.8 Å². The largest absolute Gasteiger partial charge is 0.468 e. The van der Waals surface area contributed by atoms with Gasteiger partial charge in [-0.1, -0.05) is 0 Å². The average molecular weight is 342 g/mol. The van der Waals surface area contributed by atoms with Gasteiger partial charge in [-0.15, -0.1) is 0 Å². The van der Waals surface area contributed by atoms with Gasteiger partial charge in [0.05, 0.1) is 12.3 Å². The molecule has 1 N–H and O–H groups in total. The molecule has 0 aromatic carbocycles. The Labute approximate surface area is 148 Å². The Morgan fingerprint density at radius 1 is 1.32 bits per heavy atom. The van der Waals surface area contributed by atoms with Crippen molar-refractivity contribution in [3.05, 3.63) is 54.2 Å². The molecule has 1 aliphatic heterocycles. The van der Waals surface area contributed by atoms with Crippen LogP contribution < -0.4 is 5.32 Å². The van der Waals surface area contributed by atoms with E-state index in [1.807, 2.05) is 17.0 Å². The Hall–Kier alpha value is -2.18. The maximum absolute atomic E-state index is 12.5. The Bertz CT molecular complexity index is 649. The number of aromatic nitrogens is 1. The molecule has 1 unspecified atom stereocenters. The Kier molecular flexibility index (Phi) is 5.83. The van der Waals surface area contributed by atoms with E-state index in [4.69, 9.17) is 4.42 Å². The molecule has 6 nitrogen and oxygen atoms in total. The van der Waals surface area contributed by atoms with Crippen molar-refractivity contribution in [2.45, 2.75) is 24.9 Å². The minimum absolute atomic E-state index is 0.0996. The van der Waals surface area contributed by atoms with Crippen LogP contribution in [0.2, 0.25) is 0 Å². The molecule has 0 aliphatic carbocycles. The lowest BCUT2D eigenvalue weighted by molar-refractivity contribution is 0.0702. The maximum Gasteiger partial charge on any atom is 0.253 e. The van der Waals surface area contributed by atoms with Crippen LogP contribution in [-0.2, 0) is 0 Å². The second-order valence-corrected chi connectivity index (χ2v) is 6.71. The molecule has 0 saturated carbocycles. The number of hydrogen-bond acceptors (Lipinski definition) is 5. The molecule has 2 aromatic rings. The van der Waals surface area contributed by atoms with Crippen molar-refractivity contribution in [2.75, 3.05) is 33.7 Å².